The summed E-state index contributed by atoms with van der Waals surface area (Å²) in [5, 5.41) is 2.14. The number of hydrogen-bond acceptors (Lipinski definition) is 5. The van der Waals surface area contributed by atoms with Crippen LogP contribution in [-0.2, 0) is 23.9 Å². The lowest BCUT2D eigenvalue weighted by Crippen LogP contribution is -2.40. The number of carbonyl (C=O) groups is 3. The summed E-state index contributed by atoms with van der Waals surface area (Å²) >= 11 is 0. The maximum absolute atomic E-state index is 11.3. The van der Waals surface area contributed by atoms with Crippen LogP contribution in [0.25, 0.3) is 0 Å². The first-order chi connectivity index (χ1) is 7.91. The fraction of sp³-hybridized carbons (Fsp3) is 0.750. The lowest BCUT2D eigenvalue weighted by Gasteiger charge is -2.20. The molecule has 0 aliphatic rings. The van der Waals surface area contributed by atoms with Gasteiger partial charge >= 0.3 is 17.8 Å². The van der Waals surface area contributed by atoms with Gasteiger partial charge in [-0.25, -0.2) is 4.79 Å². The Kier molecular flexibility index (Phi) is 5.32. The Hall–Kier alpha value is -1.59. The Balaban J connectivity index is 4.12. The van der Waals surface area contributed by atoms with Gasteiger partial charge in [0.25, 0.3) is 0 Å². The highest BCUT2D eigenvalue weighted by molar-refractivity contribution is 6.32. The van der Waals surface area contributed by atoms with E-state index in [0.717, 1.165) is 0 Å². The number of rotatable bonds is 2. The summed E-state index contributed by atoms with van der Waals surface area (Å²) in [6.45, 7) is 9.70. The van der Waals surface area contributed by atoms with E-state index in [9.17, 15) is 14.4 Å². The first-order valence-electron chi connectivity index (χ1n) is 5.64. The number of nitrogens with one attached hydrogen (secondary N) is 1. The average molecular weight is 259 g/mol. The maximum Gasteiger partial charge on any atom is 0.397 e. The zero-order valence-electron chi connectivity index (χ0n) is 11.7. The monoisotopic (exact) mass is 259 g/mol. The Morgan fingerprint density at radius 2 is 1.33 bits per heavy atom. The second-order valence-electron chi connectivity index (χ2n) is 5.77. The average Bonchev–Trinajstić information content (AvgIpc) is 2.08. The minimum atomic E-state index is -1.02. The van der Waals surface area contributed by atoms with Crippen LogP contribution >= 0.6 is 0 Å². The first kappa shape index (κ1) is 16.4. The molecule has 18 heavy (non-hydrogen) atoms. The molecule has 0 saturated heterocycles. The molecule has 0 unspecified atom stereocenters. The third kappa shape index (κ3) is 8.55. The number of esters is 2. The van der Waals surface area contributed by atoms with Gasteiger partial charge in [-0.3, -0.25) is 9.59 Å². The molecule has 0 aliphatic carbocycles. The van der Waals surface area contributed by atoms with Crippen molar-refractivity contribution in [2.75, 3.05) is 6.54 Å². The highest BCUT2D eigenvalue weighted by atomic mass is 16.6. The van der Waals surface area contributed by atoms with E-state index in [-0.39, 0.29) is 6.54 Å². The van der Waals surface area contributed by atoms with Gasteiger partial charge in [-0.05, 0) is 41.5 Å². The smallest absolute Gasteiger partial charge is 0.397 e. The molecule has 0 atom stereocenters. The second kappa shape index (κ2) is 5.84. The molecule has 1 amide bonds. The highest BCUT2D eigenvalue weighted by Gasteiger charge is 2.24. The summed E-state index contributed by atoms with van der Waals surface area (Å²) in [7, 11) is 0. The topological polar surface area (TPSA) is 81.7 Å². The van der Waals surface area contributed by atoms with Crippen molar-refractivity contribution in [2.45, 2.75) is 52.7 Å². The van der Waals surface area contributed by atoms with E-state index in [1.54, 1.807) is 41.5 Å². The summed E-state index contributed by atoms with van der Waals surface area (Å²) in [5.41, 5.74) is -1.38. The van der Waals surface area contributed by atoms with Crippen molar-refractivity contribution >= 4 is 17.8 Å². The Morgan fingerprint density at radius 1 is 0.889 bits per heavy atom. The number of carbonyl (C=O) groups excluding carboxylic acids is 3. The number of hydrogen-bond donors (Lipinski definition) is 1. The van der Waals surface area contributed by atoms with Crippen LogP contribution in [-0.4, -0.2) is 35.6 Å². The van der Waals surface area contributed by atoms with Gasteiger partial charge in [0.05, 0.1) is 0 Å². The van der Waals surface area contributed by atoms with Crippen LogP contribution in [0.1, 0.15) is 41.5 Å². The molecule has 0 spiro atoms. The van der Waals surface area contributed by atoms with Gasteiger partial charge in [0.2, 0.25) is 0 Å². The highest BCUT2D eigenvalue weighted by Crippen LogP contribution is 2.07. The lowest BCUT2D eigenvalue weighted by molar-refractivity contribution is -0.164. The fourth-order valence-corrected chi connectivity index (χ4v) is 0.927. The van der Waals surface area contributed by atoms with Gasteiger partial charge < -0.3 is 14.8 Å². The van der Waals surface area contributed by atoms with E-state index in [2.05, 4.69) is 5.32 Å². The standard InChI is InChI=1S/C12H21NO5/c1-11(2,3)17-8(14)7-13-9(15)10(16)18-12(4,5)6/h7H2,1-6H3,(H,13,15). The van der Waals surface area contributed by atoms with Crippen molar-refractivity contribution in [3.63, 3.8) is 0 Å². The van der Waals surface area contributed by atoms with E-state index < -0.39 is 29.0 Å². The molecule has 6 heteroatoms. The molecule has 0 heterocycles. The Labute approximate surface area is 107 Å². The van der Waals surface area contributed by atoms with Crippen LogP contribution < -0.4 is 5.32 Å². The molecule has 0 aliphatic heterocycles. The second-order valence-corrected chi connectivity index (χ2v) is 5.77. The van der Waals surface area contributed by atoms with Gasteiger partial charge in [-0.1, -0.05) is 0 Å². The van der Waals surface area contributed by atoms with Crippen molar-refractivity contribution in [1.82, 2.24) is 5.32 Å². The maximum atomic E-state index is 11.3. The fourth-order valence-electron chi connectivity index (χ4n) is 0.927. The van der Waals surface area contributed by atoms with E-state index in [1.807, 2.05) is 0 Å². The molecule has 0 saturated carbocycles. The first-order valence-corrected chi connectivity index (χ1v) is 5.64. The predicted octanol–water partition coefficient (Wildman–Crippen LogP) is 0.786. The number of amides is 1. The van der Waals surface area contributed by atoms with Crippen LogP contribution in [0.3, 0.4) is 0 Å². The van der Waals surface area contributed by atoms with Crippen LogP contribution in [0.15, 0.2) is 0 Å². The van der Waals surface area contributed by atoms with Gasteiger partial charge in [-0.2, -0.15) is 0 Å². The van der Waals surface area contributed by atoms with Crippen molar-refractivity contribution in [1.29, 1.82) is 0 Å². The van der Waals surface area contributed by atoms with Crippen molar-refractivity contribution < 1.29 is 23.9 Å². The van der Waals surface area contributed by atoms with Gasteiger partial charge in [0.15, 0.2) is 0 Å². The van der Waals surface area contributed by atoms with E-state index >= 15 is 0 Å². The van der Waals surface area contributed by atoms with Crippen LogP contribution in [0.4, 0.5) is 0 Å². The van der Waals surface area contributed by atoms with Crippen molar-refractivity contribution in [3.8, 4) is 0 Å². The predicted molar refractivity (Wildman–Crippen MR) is 64.7 cm³/mol. The SMILES string of the molecule is CC(C)(C)OC(=O)CNC(=O)C(=O)OC(C)(C)C. The quantitative estimate of drug-likeness (QED) is 0.585. The largest absolute Gasteiger partial charge is 0.459 e. The molecule has 0 aromatic carbocycles. The summed E-state index contributed by atoms with van der Waals surface area (Å²) in [6.07, 6.45) is 0. The van der Waals surface area contributed by atoms with Gasteiger partial charge in [-0.15, -0.1) is 0 Å². The normalized spacial score (nSPS) is 11.7. The zero-order valence-corrected chi connectivity index (χ0v) is 11.7. The molecule has 0 aromatic heterocycles. The van der Waals surface area contributed by atoms with Crippen LogP contribution in [0.2, 0.25) is 0 Å². The summed E-state index contributed by atoms with van der Waals surface area (Å²) in [6, 6.07) is 0. The molecule has 0 rings (SSSR count). The molecular formula is C12H21NO5. The molecule has 0 radical (unpaired) electrons. The Bertz CT molecular complexity index is 335. The van der Waals surface area contributed by atoms with Gasteiger partial charge in [0, 0.05) is 0 Å². The summed E-state index contributed by atoms with van der Waals surface area (Å²) < 4.78 is 9.79. The zero-order chi connectivity index (χ0) is 14.6. The molecule has 6 nitrogen and oxygen atoms in total. The third-order valence-corrected chi connectivity index (χ3v) is 1.40. The molecule has 0 fully saturated rings. The minimum absolute atomic E-state index is 0.366. The van der Waals surface area contributed by atoms with Crippen molar-refractivity contribution in [3.05, 3.63) is 0 Å². The number of ether oxygens (including phenoxy) is 2. The Morgan fingerprint density at radius 3 is 1.72 bits per heavy atom. The van der Waals surface area contributed by atoms with E-state index in [0.29, 0.717) is 0 Å². The molecule has 104 valence electrons. The van der Waals surface area contributed by atoms with Crippen molar-refractivity contribution in [2.24, 2.45) is 0 Å². The summed E-state index contributed by atoms with van der Waals surface area (Å²) in [4.78, 5) is 33.8. The third-order valence-electron chi connectivity index (χ3n) is 1.40. The van der Waals surface area contributed by atoms with Crippen LogP contribution in [0.5, 0.6) is 0 Å². The minimum Gasteiger partial charge on any atom is -0.459 e. The molecule has 0 bridgehead atoms. The van der Waals surface area contributed by atoms with E-state index in [1.165, 1.54) is 0 Å². The summed E-state index contributed by atoms with van der Waals surface area (Å²) in [5.74, 6) is -2.60. The van der Waals surface area contributed by atoms with E-state index in [4.69, 9.17) is 9.47 Å². The molecular weight excluding hydrogens is 238 g/mol. The lowest BCUT2D eigenvalue weighted by atomic mass is 10.2. The molecule has 1 N–H and O–H groups in total. The molecule has 0 aromatic rings. The van der Waals surface area contributed by atoms with Crippen LogP contribution in [0, 0.1) is 0 Å². The van der Waals surface area contributed by atoms with Gasteiger partial charge in [0.1, 0.15) is 17.7 Å².